The molecule has 5 aliphatic rings. The van der Waals surface area contributed by atoms with Gasteiger partial charge in [-0.05, 0) is 92.1 Å². The number of aliphatic hydroxyl groups is 4. The van der Waals surface area contributed by atoms with Gasteiger partial charge in [-0.15, -0.1) is 0 Å². The lowest BCUT2D eigenvalue weighted by Crippen LogP contribution is -2.53. The van der Waals surface area contributed by atoms with Crippen LogP contribution in [0.5, 0.6) is 0 Å². The van der Waals surface area contributed by atoms with E-state index in [2.05, 4.69) is 17.6 Å². The van der Waals surface area contributed by atoms with Gasteiger partial charge in [0, 0.05) is 13.7 Å². The number of allylic oxidation sites excluding steroid dienone is 3. The maximum absolute atomic E-state index is 12.9. The van der Waals surface area contributed by atoms with Crippen LogP contribution in [0, 0.1) is 47.3 Å². The van der Waals surface area contributed by atoms with Gasteiger partial charge in [0.2, 0.25) is 5.91 Å². The molecule has 2 heterocycles. The third-order valence-corrected chi connectivity index (χ3v) is 10.5. The lowest BCUT2D eigenvalue weighted by Gasteiger charge is -2.47. The van der Waals surface area contributed by atoms with Crippen molar-refractivity contribution in [2.45, 2.75) is 70.0 Å². The Morgan fingerprint density at radius 1 is 1.00 bits per heavy atom. The second-order valence-corrected chi connectivity index (χ2v) is 12.5. The molecule has 0 radical (unpaired) electrons. The Bertz CT molecular complexity index is 1120. The minimum atomic E-state index is -1.22. The molecule has 1 saturated heterocycles. The Morgan fingerprint density at radius 3 is 2.42 bits per heavy atom. The average Bonchev–Trinajstić information content (AvgIpc) is 3.55. The first kappa shape index (κ1) is 29.0. The smallest absolute Gasteiger partial charge is 0.259 e. The van der Waals surface area contributed by atoms with Crippen LogP contribution >= 0.6 is 0 Å². The molecule has 2 amide bonds. The lowest BCUT2D eigenvalue weighted by atomic mass is 9.62. The summed E-state index contributed by atoms with van der Waals surface area (Å²) in [5.41, 5.74) is -0.389. The van der Waals surface area contributed by atoms with Crippen molar-refractivity contribution >= 4 is 17.6 Å². The van der Waals surface area contributed by atoms with Gasteiger partial charge in [-0.2, -0.15) is 0 Å². The quantitative estimate of drug-likeness (QED) is 0.271. The number of hydrogen-bond acceptors (Lipinski definition) is 8. The molecule has 0 aromatic rings. The Kier molecular flexibility index (Phi) is 8.25. The van der Waals surface area contributed by atoms with Crippen LogP contribution in [-0.4, -0.2) is 82.1 Å². The third-order valence-electron chi connectivity index (χ3n) is 10.5. The first-order chi connectivity index (χ1) is 19.0. The van der Waals surface area contributed by atoms with E-state index in [0.29, 0.717) is 18.8 Å². The van der Waals surface area contributed by atoms with Gasteiger partial charge >= 0.3 is 0 Å². The van der Waals surface area contributed by atoms with Crippen molar-refractivity contribution < 1.29 is 39.5 Å². The van der Waals surface area contributed by atoms with E-state index in [1.54, 1.807) is 19.3 Å². The summed E-state index contributed by atoms with van der Waals surface area (Å²) in [6.07, 6.45) is 5.41. The van der Waals surface area contributed by atoms with Gasteiger partial charge in [-0.1, -0.05) is 19.1 Å². The molecular weight excluding hydrogens is 516 g/mol. The molecule has 0 aromatic heterocycles. The van der Waals surface area contributed by atoms with E-state index in [1.165, 1.54) is 12.2 Å². The number of methoxy groups -OCH3 is 1. The van der Waals surface area contributed by atoms with E-state index in [9.17, 15) is 34.8 Å². The van der Waals surface area contributed by atoms with Gasteiger partial charge in [0.15, 0.2) is 5.78 Å². The van der Waals surface area contributed by atoms with Crippen molar-refractivity contribution in [3.05, 3.63) is 35.6 Å². The summed E-state index contributed by atoms with van der Waals surface area (Å²) in [6.45, 7) is 4.30. The second-order valence-electron chi connectivity index (χ2n) is 12.5. The molecule has 3 saturated carbocycles. The summed E-state index contributed by atoms with van der Waals surface area (Å²) in [6, 6.07) is -1.19. The van der Waals surface area contributed by atoms with Crippen LogP contribution in [0.4, 0.5) is 0 Å². The number of Topliss-reactive ketones (excluding diaryl/α,β-unsaturated/α-hetero) is 1. The minimum Gasteiger partial charge on any atom is -0.507 e. The molecule has 40 heavy (non-hydrogen) atoms. The molecule has 4 fully saturated rings. The fourth-order valence-corrected chi connectivity index (χ4v) is 8.77. The molecular formula is C30H42N2O8. The number of carbonyl (C=O) groups is 3. The molecule has 0 unspecified atom stereocenters. The van der Waals surface area contributed by atoms with Crippen molar-refractivity contribution in [1.29, 1.82) is 0 Å². The summed E-state index contributed by atoms with van der Waals surface area (Å²) < 4.78 is 5.68. The lowest BCUT2D eigenvalue weighted by molar-refractivity contribution is -0.139. The third kappa shape index (κ3) is 4.93. The summed E-state index contributed by atoms with van der Waals surface area (Å²) in [7, 11) is 1.67. The predicted molar refractivity (Wildman–Crippen MR) is 144 cm³/mol. The summed E-state index contributed by atoms with van der Waals surface area (Å²) in [5, 5.41) is 49.3. The van der Waals surface area contributed by atoms with Gasteiger partial charge in [0.25, 0.3) is 5.91 Å². The van der Waals surface area contributed by atoms with Gasteiger partial charge < -0.3 is 35.8 Å². The second kappa shape index (κ2) is 11.4. The van der Waals surface area contributed by atoms with Crippen LogP contribution in [0.1, 0.15) is 39.5 Å². The molecule has 13 atom stereocenters. The number of ketones is 1. The van der Waals surface area contributed by atoms with Crippen LogP contribution < -0.4 is 10.6 Å². The van der Waals surface area contributed by atoms with Crippen molar-refractivity contribution in [3.63, 3.8) is 0 Å². The number of hydrogen-bond donors (Lipinski definition) is 6. The predicted octanol–water partition coefficient (Wildman–Crippen LogP) is 0.777. The standard InChI is InChI=1S/C30H42N2O8/c1-13-11-17-18-12-15-7-8-19(33)25-27(36)26(32-30(25)39)20(34)9-10-31-21(35)6-4-5-16(15)23(18)28(37)29(38)24(17)22(13)14(2)40-3/h4,6-8,13-18,20,22-24,26,28-29,33-34,37-38H,5,9-12H2,1-3H3,(H,31,35)(H,32,39)/t13-,14-,15-,16+,17-,18-,20+,22+,23-,24-,26+,28+,29+/m1/s1. The monoisotopic (exact) mass is 558 g/mol. The number of rotatable bonds is 2. The largest absolute Gasteiger partial charge is 0.507 e. The normalized spacial score (nSPS) is 44.6. The highest BCUT2D eigenvalue weighted by atomic mass is 16.5. The minimum absolute atomic E-state index is 0.0440. The van der Waals surface area contributed by atoms with Gasteiger partial charge in [0.1, 0.15) is 17.4 Å². The van der Waals surface area contributed by atoms with Gasteiger partial charge in [0.05, 0.1) is 24.4 Å². The first-order valence-electron chi connectivity index (χ1n) is 14.5. The maximum Gasteiger partial charge on any atom is 0.259 e. The number of fused-ring (bicyclic) bond motifs is 7. The van der Waals surface area contributed by atoms with Crippen molar-refractivity contribution in [1.82, 2.24) is 10.6 Å². The fraction of sp³-hybridized carbons (Fsp3) is 0.700. The number of ether oxygens (including phenoxy) is 1. The highest BCUT2D eigenvalue weighted by Crippen LogP contribution is 2.61. The first-order valence-corrected chi connectivity index (χ1v) is 14.5. The van der Waals surface area contributed by atoms with Crippen LogP contribution in [0.25, 0.3) is 0 Å². The van der Waals surface area contributed by atoms with Crippen LogP contribution in [-0.2, 0) is 19.1 Å². The SMILES string of the molecule is CO[C@H](C)[C@H]1[C@@H]2[C@H](O)[C@@H](O)[C@H]3[C@H](C[C@H]4C=CC(O)=C5C(=O)N[C@H](C5=O)[C@@H](O)CCNC(=O)C=CC[C@H]34)[C@H]2C[C@H]1C. The van der Waals surface area contributed by atoms with Crippen LogP contribution in [0.2, 0.25) is 0 Å². The van der Waals surface area contributed by atoms with Gasteiger partial charge in [-0.25, -0.2) is 0 Å². The van der Waals surface area contributed by atoms with E-state index in [4.69, 9.17) is 4.74 Å². The molecule has 2 bridgehead atoms. The van der Waals surface area contributed by atoms with Crippen LogP contribution in [0.15, 0.2) is 35.6 Å². The van der Waals surface area contributed by atoms with E-state index in [1.807, 2.05) is 6.92 Å². The summed E-state index contributed by atoms with van der Waals surface area (Å²) in [5.74, 6) is -2.04. The van der Waals surface area contributed by atoms with Crippen molar-refractivity contribution in [2.24, 2.45) is 47.3 Å². The Morgan fingerprint density at radius 2 is 1.70 bits per heavy atom. The summed E-state index contributed by atoms with van der Waals surface area (Å²) >= 11 is 0. The molecule has 6 N–H and O–H groups in total. The molecule has 5 rings (SSSR count). The Labute approximate surface area is 234 Å². The molecule has 220 valence electrons. The van der Waals surface area contributed by atoms with Crippen molar-refractivity contribution in [2.75, 3.05) is 13.7 Å². The van der Waals surface area contributed by atoms with Crippen molar-refractivity contribution in [3.8, 4) is 0 Å². The highest BCUT2D eigenvalue weighted by Gasteiger charge is 2.61. The molecule has 3 aliphatic carbocycles. The summed E-state index contributed by atoms with van der Waals surface area (Å²) in [4.78, 5) is 37.9. The average molecular weight is 559 g/mol. The van der Waals surface area contributed by atoms with E-state index in [-0.39, 0.29) is 72.0 Å². The molecule has 2 aliphatic heterocycles. The zero-order valence-electron chi connectivity index (χ0n) is 23.3. The molecule has 10 heteroatoms. The maximum atomic E-state index is 12.9. The Balaban J connectivity index is 1.50. The van der Waals surface area contributed by atoms with Crippen LogP contribution in [0.3, 0.4) is 0 Å². The highest BCUT2D eigenvalue weighted by molar-refractivity contribution is 6.27. The number of carbonyl (C=O) groups excluding carboxylic acids is 3. The zero-order chi connectivity index (χ0) is 28.9. The molecule has 0 spiro atoms. The zero-order valence-corrected chi connectivity index (χ0v) is 23.3. The number of aliphatic hydroxyl groups excluding tert-OH is 4. The van der Waals surface area contributed by atoms with E-state index < -0.39 is 41.8 Å². The molecule has 10 nitrogen and oxygen atoms in total. The number of amides is 2. The van der Waals surface area contributed by atoms with E-state index in [0.717, 1.165) is 6.42 Å². The Hall–Kier alpha value is -2.53. The topological polar surface area (TPSA) is 165 Å². The number of nitrogens with one attached hydrogen (secondary N) is 2. The van der Waals surface area contributed by atoms with E-state index >= 15 is 0 Å². The van der Waals surface area contributed by atoms with Gasteiger partial charge in [-0.3, -0.25) is 14.4 Å². The molecule has 0 aromatic carbocycles. The fourth-order valence-electron chi connectivity index (χ4n) is 8.77.